The number of ether oxygens (including phenoxy) is 1. The lowest BCUT2D eigenvalue weighted by molar-refractivity contribution is -0.118. The molecule has 2 aliphatic heterocycles. The van der Waals surface area contributed by atoms with Gasteiger partial charge in [0.2, 0.25) is 16.5 Å². The number of halogens is 1. The number of nitrogens with one attached hydrogen (secondary N) is 2. The van der Waals surface area contributed by atoms with Gasteiger partial charge in [0.1, 0.15) is 5.69 Å². The number of rotatable bonds is 9. The normalized spacial score (nSPS) is 22.0. The molecule has 2 N–H and O–H groups in total. The first kappa shape index (κ1) is 27.2. The highest BCUT2D eigenvalue weighted by molar-refractivity contribution is 8.14. The Balaban J connectivity index is 1.51. The number of hydrogen-bond acceptors (Lipinski definition) is 9. The second kappa shape index (κ2) is 11.4. The van der Waals surface area contributed by atoms with Gasteiger partial charge in [0.25, 0.3) is 0 Å². The number of carbonyl (C=O) groups excluding carboxylic acids is 2. The van der Waals surface area contributed by atoms with Crippen molar-refractivity contribution < 1.29 is 27.8 Å². The first-order chi connectivity index (χ1) is 18.4. The largest absolute Gasteiger partial charge is 0.492 e. The third-order valence-corrected chi connectivity index (χ3v) is 9.41. The van der Waals surface area contributed by atoms with Gasteiger partial charge in [0.05, 0.1) is 29.3 Å². The molecule has 3 fully saturated rings. The van der Waals surface area contributed by atoms with E-state index in [4.69, 9.17) is 4.74 Å². The highest BCUT2D eigenvalue weighted by Gasteiger charge is 2.38. The Hall–Kier alpha value is -2.39. The van der Waals surface area contributed by atoms with E-state index in [0.717, 1.165) is 32.2 Å². The molecule has 3 heterocycles. The number of amides is 1. The Labute approximate surface area is 225 Å². The first-order valence-corrected chi connectivity index (χ1v) is 15.2. The predicted molar refractivity (Wildman–Crippen MR) is 144 cm³/mol. The van der Waals surface area contributed by atoms with Crippen LogP contribution < -0.4 is 25.7 Å². The summed E-state index contributed by atoms with van der Waals surface area (Å²) >= 11 is 0.598. The van der Waals surface area contributed by atoms with E-state index in [1.807, 2.05) is 9.47 Å². The van der Waals surface area contributed by atoms with Crippen LogP contribution in [0.2, 0.25) is 0 Å². The molecule has 2 aromatic rings. The quantitative estimate of drug-likeness (QED) is 0.429. The number of aromatic nitrogens is 1. The Morgan fingerprint density at radius 2 is 2.03 bits per heavy atom. The smallest absolute Gasteiger partial charge is 0.231 e. The van der Waals surface area contributed by atoms with Crippen LogP contribution in [0.4, 0.5) is 10.1 Å². The number of nitrogens with zero attached hydrogens (tertiary/aromatic N) is 2. The summed E-state index contributed by atoms with van der Waals surface area (Å²) in [7, 11) is 0.411. The lowest BCUT2D eigenvalue weighted by Crippen LogP contribution is -2.40. The highest BCUT2D eigenvalue weighted by Crippen LogP contribution is 2.45. The van der Waals surface area contributed by atoms with Gasteiger partial charge < -0.3 is 24.8 Å². The minimum absolute atomic E-state index is 0.0425. The number of hydrogen-bond donors (Lipinski definition) is 2. The lowest BCUT2D eigenvalue weighted by Gasteiger charge is -2.25. The summed E-state index contributed by atoms with van der Waals surface area (Å²) in [6, 6.07) is 1.52. The maximum absolute atomic E-state index is 15.7. The van der Waals surface area contributed by atoms with E-state index in [-0.39, 0.29) is 34.5 Å². The maximum Gasteiger partial charge on any atom is 0.231 e. The molecule has 1 aromatic heterocycles. The molecule has 1 aliphatic carbocycles. The molecule has 38 heavy (non-hydrogen) atoms. The summed E-state index contributed by atoms with van der Waals surface area (Å²) < 4.78 is 45.0. The van der Waals surface area contributed by atoms with E-state index >= 15 is 4.39 Å². The second-order valence-electron chi connectivity index (χ2n) is 9.74. The molecule has 2 saturated heterocycles. The van der Waals surface area contributed by atoms with Crippen LogP contribution in [0.25, 0.3) is 10.9 Å². The zero-order chi connectivity index (χ0) is 27.0. The topological polar surface area (TPSA) is 127 Å². The standard InChI is InChI=1S/C24H27FN4O6P2S/c1-35-22-19-14(7-16(25)20(22)28-8-12-3-2-6-26-17(12)10-28)21(31)15(9-29(19)13-4-5-13)23(32)38-11-18(30)27-24(36-33)37-34/h7,9,12-13,17,24,26H,2-6,8,10-11H2,1H3,(H,27,30)/t12-,17+/m0/s1. The fraction of sp³-hybridized carbons (Fsp3) is 0.542. The molecule has 0 bridgehead atoms. The minimum atomic E-state index is -1.11. The van der Waals surface area contributed by atoms with E-state index in [0.29, 0.717) is 42.0 Å². The molecule has 5 rings (SSSR count). The lowest BCUT2D eigenvalue weighted by atomic mass is 9.94. The van der Waals surface area contributed by atoms with Crippen LogP contribution in [0.1, 0.15) is 42.1 Å². The van der Waals surface area contributed by atoms with Crippen molar-refractivity contribution in [3.8, 4) is 5.75 Å². The van der Waals surface area contributed by atoms with Crippen molar-refractivity contribution >= 4 is 56.3 Å². The second-order valence-corrected chi connectivity index (χ2v) is 12.6. The zero-order valence-corrected chi connectivity index (χ0v) is 23.3. The molecule has 202 valence electrons. The minimum Gasteiger partial charge on any atom is -0.492 e. The molecule has 0 spiro atoms. The molecule has 1 saturated carbocycles. The van der Waals surface area contributed by atoms with Gasteiger partial charge in [0, 0.05) is 31.4 Å². The molecule has 2 atom stereocenters. The van der Waals surface area contributed by atoms with Gasteiger partial charge in [-0.2, -0.15) is 0 Å². The van der Waals surface area contributed by atoms with Gasteiger partial charge >= 0.3 is 0 Å². The molecule has 3 aliphatic rings. The van der Waals surface area contributed by atoms with Crippen LogP contribution >= 0.6 is 28.7 Å². The van der Waals surface area contributed by atoms with Crippen LogP contribution in [0.15, 0.2) is 17.1 Å². The fourth-order valence-corrected chi connectivity index (χ4v) is 6.61. The Kier molecular flexibility index (Phi) is 8.14. The predicted octanol–water partition coefficient (Wildman–Crippen LogP) is 3.53. The van der Waals surface area contributed by atoms with Crippen LogP contribution in [-0.4, -0.2) is 59.7 Å². The van der Waals surface area contributed by atoms with Crippen molar-refractivity contribution in [1.82, 2.24) is 15.2 Å². The number of benzene rings is 1. The third-order valence-electron chi connectivity index (χ3n) is 7.30. The van der Waals surface area contributed by atoms with Gasteiger partial charge in [-0.05, 0) is 44.2 Å². The number of fused-ring (bicyclic) bond motifs is 2. The Morgan fingerprint density at radius 1 is 1.26 bits per heavy atom. The van der Waals surface area contributed by atoms with Gasteiger partial charge in [-0.25, -0.2) is 4.39 Å². The number of thioether (sulfide) groups is 1. The van der Waals surface area contributed by atoms with Crippen molar-refractivity contribution in [1.29, 1.82) is 0 Å². The number of pyridine rings is 1. The Morgan fingerprint density at radius 3 is 2.68 bits per heavy atom. The van der Waals surface area contributed by atoms with Crippen LogP contribution in [0, 0.1) is 11.7 Å². The van der Waals surface area contributed by atoms with E-state index in [1.54, 1.807) is 0 Å². The van der Waals surface area contributed by atoms with Crippen LogP contribution in [0.5, 0.6) is 5.75 Å². The molecular formula is C24H27FN4O6P2S. The first-order valence-electron chi connectivity index (χ1n) is 12.4. The molecule has 0 radical (unpaired) electrons. The fourth-order valence-electron chi connectivity index (χ4n) is 5.41. The molecular weight excluding hydrogens is 553 g/mol. The van der Waals surface area contributed by atoms with Crippen LogP contribution in [-0.2, 0) is 13.9 Å². The SMILES string of the molecule is COc1c(N2C[C@@H]3CCCN[C@@H]3C2)c(F)cc2c(=O)c(C(=O)SCC(=O)NC(P=O)P=O)cn(C3CC3)c12. The van der Waals surface area contributed by atoms with Gasteiger partial charge in [0.15, 0.2) is 34.0 Å². The van der Waals surface area contributed by atoms with Gasteiger partial charge in [-0.3, -0.25) is 23.5 Å². The number of piperidine rings is 1. The van der Waals surface area contributed by atoms with E-state index in [9.17, 15) is 23.5 Å². The average Bonchev–Trinajstić information content (AvgIpc) is 3.68. The monoisotopic (exact) mass is 580 g/mol. The Bertz CT molecular complexity index is 1350. The van der Waals surface area contributed by atoms with Gasteiger partial charge in [-0.15, -0.1) is 0 Å². The zero-order valence-electron chi connectivity index (χ0n) is 20.6. The number of carbonyl (C=O) groups is 2. The average molecular weight is 581 g/mol. The molecule has 1 amide bonds. The summed E-state index contributed by atoms with van der Waals surface area (Å²) in [6.45, 7) is 2.28. The number of anilines is 1. The highest BCUT2D eigenvalue weighted by atomic mass is 32.2. The van der Waals surface area contributed by atoms with Gasteiger partial charge in [-0.1, -0.05) is 11.8 Å². The molecule has 10 nitrogen and oxygen atoms in total. The molecule has 14 heteroatoms. The van der Waals surface area contributed by atoms with E-state index in [2.05, 4.69) is 10.6 Å². The van der Waals surface area contributed by atoms with Crippen molar-refractivity contribution in [2.75, 3.05) is 37.4 Å². The van der Waals surface area contributed by atoms with Crippen molar-refractivity contribution in [3.05, 3.63) is 33.9 Å². The maximum atomic E-state index is 15.7. The summed E-state index contributed by atoms with van der Waals surface area (Å²) in [5.41, 5.74) is -1.10. The van der Waals surface area contributed by atoms with Crippen molar-refractivity contribution in [2.45, 2.75) is 43.3 Å². The number of methoxy groups -OCH3 is 1. The summed E-state index contributed by atoms with van der Waals surface area (Å²) in [5.74, 6) is -0.887. The summed E-state index contributed by atoms with van der Waals surface area (Å²) in [4.78, 5) is 40.5. The van der Waals surface area contributed by atoms with Crippen LogP contribution in [0.3, 0.4) is 0 Å². The van der Waals surface area contributed by atoms with Crippen molar-refractivity contribution in [3.63, 3.8) is 0 Å². The molecule has 1 aromatic carbocycles. The van der Waals surface area contributed by atoms with E-state index in [1.165, 1.54) is 19.4 Å². The molecule has 0 unspecified atom stereocenters. The summed E-state index contributed by atoms with van der Waals surface area (Å²) in [6.07, 6.45) is 5.34. The third kappa shape index (κ3) is 5.24. The summed E-state index contributed by atoms with van der Waals surface area (Å²) in [5, 5.41) is 5.19. The van der Waals surface area contributed by atoms with Crippen molar-refractivity contribution in [2.24, 2.45) is 5.92 Å². The van der Waals surface area contributed by atoms with E-state index < -0.39 is 44.7 Å².